The third kappa shape index (κ3) is 3.56. The number of nitrogens with zero attached hydrogens (tertiary/aromatic N) is 3. The summed E-state index contributed by atoms with van der Waals surface area (Å²) in [7, 11) is 0. The lowest BCUT2D eigenvalue weighted by Gasteiger charge is -2.24. The molecule has 0 N–H and O–H groups in total. The molecule has 1 aromatic heterocycles. The van der Waals surface area contributed by atoms with Crippen molar-refractivity contribution in [1.29, 1.82) is 5.26 Å². The smallest absolute Gasteiger partial charge is 0.240 e. The van der Waals surface area contributed by atoms with Crippen LogP contribution in [-0.4, -0.2) is 22.3 Å². The second kappa shape index (κ2) is 6.75. The summed E-state index contributed by atoms with van der Waals surface area (Å²) < 4.78 is 0. The molecule has 0 saturated heterocycles. The molecule has 1 heterocycles. The zero-order valence-electron chi connectivity index (χ0n) is 11.1. The Kier molecular flexibility index (Phi) is 5.31. The maximum atomic E-state index is 12.2. The Morgan fingerprint density at radius 3 is 2.50 bits per heavy atom. The summed E-state index contributed by atoms with van der Waals surface area (Å²) in [6.07, 6.45) is 3.41. The Balaban J connectivity index is 2.78. The number of hydrogen-bond acceptors (Lipinski definition) is 3. The Morgan fingerprint density at radius 2 is 2.06 bits per heavy atom. The summed E-state index contributed by atoms with van der Waals surface area (Å²) >= 11 is 0. The zero-order chi connectivity index (χ0) is 13.5. The highest BCUT2D eigenvalue weighted by atomic mass is 16.2. The molecular formula is C14H19N3O. The second-order valence-electron chi connectivity index (χ2n) is 4.56. The van der Waals surface area contributed by atoms with E-state index in [1.807, 2.05) is 32.9 Å². The van der Waals surface area contributed by atoms with E-state index in [0.29, 0.717) is 13.1 Å². The van der Waals surface area contributed by atoms with Crippen molar-refractivity contribution in [2.24, 2.45) is 11.8 Å². The maximum Gasteiger partial charge on any atom is 0.240 e. The van der Waals surface area contributed by atoms with Gasteiger partial charge in [0.25, 0.3) is 0 Å². The van der Waals surface area contributed by atoms with E-state index < -0.39 is 5.92 Å². The fourth-order valence-corrected chi connectivity index (χ4v) is 1.74. The molecule has 96 valence electrons. The first-order valence-corrected chi connectivity index (χ1v) is 6.17. The topological polar surface area (TPSA) is 57.0 Å². The van der Waals surface area contributed by atoms with E-state index in [-0.39, 0.29) is 11.8 Å². The highest BCUT2D eigenvalue weighted by Gasteiger charge is 2.26. The minimum Gasteiger partial charge on any atom is -0.338 e. The van der Waals surface area contributed by atoms with E-state index in [4.69, 9.17) is 5.26 Å². The van der Waals surface area contributed by atoms with Crippen LogP contribution in [-0.2, 0) is 11.3 Å². The van der Waals surface area contributed by atoms with E-state index in [1.165, 1.54) is 0 Å². The van der Waals surface area contributed by atoms with Gasteiger partial charge in [-0.3, -0.25) is 9.78 Å². The summed E-state index contributed by atoms with van der Waals surface area (Å²) in [4.78, 5) is 17.9. The van der Waals surface area contributed by atoms with Gasteiger partial charge in [-0.1, -0.05) is 13.8 Å². The van der Waals surface area contributed by atoms with Crippen molar-refractivity contribution >= 4 is 5.91 Å². The fourth-order valence-electron chi connectivity index (χ4n) is 1.74. The van der Waals surface area contributed by atoms with Gasteiger partial charge in [0, 0.05) is 25.5 Å². The van der Waals surface area contributed by atoms with Crippen LogP contribution in [0.25, 0.3) is 0 Å². The van der Waals surface area contributed by atoms with Gasteiger partial charge in [-0.25, -0.2) is 0 Å². The van der Waals surface area contributed by atoms with Crippen LogP contribution in [0.3, 0.4) is 0 Å². The van der Waals surface area contributed by atoms with Crippen LogP contribution in [0.4, 0.5) is 0 Å². The molecule has 1 atom stereocenters. The predicted octanol–water partition coefficient (Wildman–Crippen LogP) is 2.23. The van der Waals surface area contributed by atoms with Gasteiger partial charge in [0.1, 0.15) is 5.92 Å². The summed E-state index contributed by atoms with van der Waals surface area (Å²) in [6, 6.07) is 5.86. The number of amides is 1. The van der Waals surface area contributed by atoms with Crippen LogP contribution in [0.1, 0.15) is 26.3 Å². The van der Waals surface area contributed by atoms with Gasteiger partial charge in [0.2, 0.25) is 5.91 Å². The van der Waals surface area contributed by atoms with Crippen LogP contribution in [0.2, 0.25) is 0 Å². The van der Waals surface area contributed by atoms with Crippen LogP contribution >= 0.6 is 0 Å². The van der Waals surface area contributed by atoms with E-state index in [9.17, 15) is 4.79 Å². The number of rotatable bonds is 5. The molecule has 0 bridgehead atoms. The Labute approximate surface area is 108 Å². The number of aromatic nitrogens is 1. The molecule has 1 unspecified atom stereocenters. The van der Waals surface area contributed by atoms with Crippen molar-refractivity contribution in [2.45, 2.75) is 27.3 Å². The molecule has 0 saturated carbocycles. The largest absolute Gasteiger partial charge is 0.338 e. The molecule has 0 aliphatic carbocycles. The third-order valence-electron chi connectivity index (χ3n) is 2.89. The third-order valence-corrected chi connectivity index (χ3v) is 2.89. The van der Waals surface area contributed by atoms with E-state index in [0.717, 1.165) is 5.56 Å². The van der Waals surface area contributed by atoms with Crippen LogP contribution in [0.15, 0.2) is 24.5 Å². The summed E-state index contributed by atoms with van der Waals surface area (Å²) in [6.45, 7) is 6.85. The molecule has 1 amide bonds. The van der Waals surface area contributed by atoms with Gasteiger partial charge in [-0.15, -0.1) is 0 Å². The van der Waals surface area contributed by atoms with Crippen molar-refractivity contribution in [3.05, 3.63) is 30.1 Å². The van der Waals surface area contributed by atoms with Crippen molar-refractivity contribution in [3.8, 4) is 6.07 Å². The summed E-state index contributed by atoms with van der Waals surface area (Å²) in [5.41, 5.74) is 1.03. The quantitative estimate of drug-likeness (QED) is 0.799. The first-order chi connectivity index (χ1) is 8.60. The van der Waals surface area contributed by atoms with E-state index in [2.05, 4.69) is 11.1 Å². The number of pyridine rings is 1. The molecule has 0 radical (unpaired) electrons. The van der Waals surface area contributed by atoms with Crippen molar-refractivity contribution < 1.29 is 4.79 Å². The summed E-state index contributed by atoms with van der Waals surface area (Å²) in [5, 5.41) is 9.07. The average molecular weight is 245 g/mol. The number of hydrogen-bond donors (Lipinski definition) is 0. The molecule has 0 aromatic carbocycles. The molecule has 18 heavy (non-hydrogen) atoms. The van der Waals surface area contributed by atoms with E-state index >= 15 is 0 Å². The van der Waals surface area contributed by atoms with Crippen molar-refractivity contribution in [2.75, 3.05) is 6.54 Å². The normalized spacial score (nSPS) is 11.9. The molecule has 1 rings (SSSR count). The first-order valence-electron chi connectivity index (χ1n) is 6.17. The monoisotopic (exact) mass is 245 g/mol. The second-order valence-corrected chi connectivity index (χ2v) is 4.56. The van der Waals surface area contributed by atoms with Gasteiger partial charge in [0.05, 0.1) is 6.07 Å². The molecular weight excluding hydrogens is 226 g/mol. The average Bonchev–Trinajstić information content (AvgIpc) is 2.37. The lowest BCUT2D eigenvalue weighted by Crippen LogP contribution is -2.37. The van der Waals surface area contributed by atoms with Crippen LogP contribution in [0, 0.1) is 23.2 Å². The number of carbonyl (C=O) groups is 1. The molecule has 4 heteroatoms. The minimum absolute atomic E-state index is 0.0361. The van der Waals surface area contributed by atoms with Gasteiger partial charge >= 0.3 is 0 Å². The van der Waals surface area contributed by atoms with Gasteiger partial charge in [0.15, 0.2) is 0 Å². The Bertz CT molecular complexity index is 422. The number of nitriles is 1. The first kappa shape index (κ1) is 14.2. The van der Waals surface area contributed by atoms with E-state index in [1.54, 1.807) is 17.3 Å². The molecule has 0 aliphatic rings. The maximum absolute atomic E-state index is 12.2. The standard InChI is InChI=1S/C14H19N3O/c1-4-17(10-12-5-7-16-8-6-12)14(18)13(9-15)11(2)3/h5-8,11,13H,4,10H2,1-3H3. The SMILES string of the molecule is CCN(Cc1ccncc1)C(=O)C(C#N)C(C)C. The summed E-state index contributed by atoms with van der Waals surface area (Å²) in [5.74, 6) is -0.618. The predicted molar refractivity (Wildman–Crippen MR) is 69.3 cm³/mol. The zero-order valence-corrected chi connectivity index (χ0v) is 11.1. The lowest BCUT2D eigenvalue weighted by atomic mass is 9.96. The molecule has 0 fully saturated rings. The molecule has 4 nitrogen and oxygen atoms in total. The van der Waals surface area contributed by atoms with Crippen molar-refractivity contribution in [1.82, 2.24) is 9.88 Å². The molecule has 1 aromatic rings. The number of carbonyl (C=O) groups excluding carboxylic acids is 1. The highest BCUT2D eigenvalue weighted by molar-refractivity contribution is 5.81. The molecule has 0 aliphatic heterocycles. The van der Waals surface area contributed by atoms with Gasteiger partial charge in [-0.05, 0) is 30.5 Å². The van der Waals surface area contributed by atoms with Crippen molar-refractivity contribution in [3.63, 3.8) is 0 Å². The fraction of sp³-hybridized carbons (Fsp3) is 0.500. The van der Waals surface area contributed by atoms with Gasteiger partial charge in [-0.2, -0.15) is 5.26 Å². The Hall–Kier alpha value is -1.89. The minimum atomic E-state index is -0.563. The lowest BCUT2D eigenvalue weighted by molar-refractivity contribution is -0.135. The highest BCUT2D eigenvalue weighted by Crippen LogP contribution is 2.15. The Morgan fingerprint density at radius 1 is 1.44 bits per heavy atom. The van der Waals surface area contributed by atoms with Crippen LogP contribution < -0.4 is 0 Å². The van der Waals surface area contributed by atoms with Gasteiger partial charge < -0.3 is 4.90 Å². The van der Waals surface area contributed by atoms with Crippen LogP contribution in [0.5, 0.6) is 0 Å². The molecule has 0 spiro atoms.